The van der Waals surface area contributed by atoms with Gasteiger partial charge in [0.1, 0.15) is 0 Å². The molecule has 0 saturated carbocycles. The molecule has 2 aliphatic heterocycles. The number of amides is 1. The lowest BCUT2D eigenvalue weighted by atomic mass is 9.74. The minimum absolute atomic E-state index is 0.0513. The Kier molecular flexibility index (Phi) is 7.15. The van der Waals surface area contributed by atoms with Crippen LogP contribution in [-0.4, -0.2) is 56.0 Å². The molecule has 1 amide bonds. The van der Waals surface area contributed by atoms with Crippen molar-refractivity contribution in [2.75, 3.05) is 39.4 Å². The predicted octanol–water partition coefficient (Wildman–Crippen LogP) is 3.45. The third kappa shape index (κ3) is 5.41. The number of carbonyl (C=O) groups is 2. The second kappa shape index (κ2) is 10.2. The molecule has 5 nitrogen and oxygen atoms in total. The molecule has 2 aromatic rings. The molecule has 2 aliphatic rings. The van der Waals surface area contributed by atoms with E-state index in [1.54, 1.807) is 0 Å². The quantitative estimate of drug-likeness (QED) is 0.697. The van der Waals surface area contributed by atoms with Crippen LogP contribution in [0.25, 0.3) is 0 Å². The Morgan fingerprint density at radius 3 is 2.19 bits per heavy atom. The van der Waals surface area contributed by atoms with Gasteiger partial charge in [0.15, 0.2) is 5.78 Å². The van der Waals surface area contributed by atoms with Crippen LogP contribution in [0.2, 0.25) is 0 Å². The van der Waals surface area contributed by atoms with Crippen molar-refractivity contribution in [3.05, 3.63) is 71.8 Å². The van der Waals surface area contributed by atoms with Crippen LogP contribution >= 0.6 is 0 Å². The van der Waals surface area contributed by atoms with Crippen molar-refractivity contribution >= 4 is 11.7 Å². The highest BCUT2D eigenvalue weighted by molar-refractivity contribution is 5.97. The van der Waals surface area contributed by atoms with Crippen molar-refractivity contribution in [3.8, 4) is 0 Å². The number of ketones is 1. The Morgan fingerprint density at radius 2 is 1.55 bits per heavy atom. The van der Waals surface area contributed by atoms with Crippen molar-refractivity contribution in [1.29, 1.82) is 0 Å². The molecule has 0 atom stereocenters. The lowest BCUT2D eigenvalue weighted by Gasteiger charge is -2.38. The molecule has 0 bridgehead atoms. The van der Waals surface area contributed by atoms with Crippen LogP contribution in [0.4, 0.5) is 0 Å². The van der Waals surface area contributed by atoms with Crippen LogP contribution in [0, 0.1) is 5.92 Å². The number of nitrogens with one attached hydrogen (secondary N) is 1. The maximum Gasteiger partial charge on any atom is 0.234 e. The van der Waals surface area contributed by atoms with Crippen LogP contribution in [0.15, 0.2) is 60.7 Å². The average molecular weight is 421 g/mol. The number of nitrogens with zero attached hydrogens (tertiary/aromatic N) is 1. The number of hydrogen-bond acceptors (Lipinski definition) is 4. The summed E-state index contributed by atoms with van der Waals surface area (Å²) in [6.07, 6.45) is 3.47. The van der Waals surface area contributed by atoms with Crippen molar-refractivity contribution in [2.24, 2.45) is 5.92 Å². The van der Waals surface area contributed by atoms with Gasteiger partial charge < -0.3 is 10.1 Å². The zero-order chi connectivity index (χ0) is 21.5. The fourth-order valence-corrected chi connectivity index (χ4v) is 4.84. The van der Waals surface area contributed by atoms with Gasteiger partial charge in [0, 0.05) is 36.7 Å². The van der Waals surface area contributed by atoms with E-state index in [2.05, 4.69) is 34.5 Å². The zero-order valence-corrected chi connectivity index (χ0v) is 18.1. The minimum Gasteiger partial charge on any atom is -0.381 e. The van der Waals surface area contributed by atoms with E-state index in [1.807, 2.05) is 36.4 Å². The topological polar surface area (TPSA) is 58.6 Å². The summed E-state index contributed by atoms with van der Waals surface area (Å²) in [5.41, 5.74) is 2.02. The van der Waals surface area contributed by atoms with Gasteiger partial charge >= 0.3 is 0 Å². The zero-order valence-electron chi connectivity index (χ0n) is 18.1. The monoisotopic (exact) mass is 420 g/mol. The van der Waals surface area contributed by atoms with Crippen LogP contribution in [0.1, 0.15) is 41.6 Å². The lowest BCUT2D eigenvalue weighted by Crippen LogP contribution is -2.48. The molecule has 0 aliphatic carbocycles. The van der Waals surface area contributed by atoms with Gasteiger partial charge in [-0.3, -0.25) is 14.5 Å². The Morgan fingerprint density at radius 1 is 0.935 bits per heavy atom. The Hall–Kier alpha value is -2.50. The maximum atomic E-state index is 12.7. The van der Waals surface area contributed by atoms with E-state index in [0.29, 0.717) is 13.1 Å². The van der Waals surface area contributed by atoms with Crippen LogP contribution in [-0.2, 0) is 14.9 Å². The van der Waals surface area contributed by atoms with Crippen molar-refractivity contribution in [3.63, 3.8) is 0 Å². The number of Topliss-reactive ketones (excluding diaryl/α,β-unsaturated/α-hetero) is 1. The highest BCUT2D eigenvalue weighted by atomic mass is 16.5. The van der Waals surface area contributed by atoms with E-state index in [0.717, 1.165) is 57.6 Å². The van der Waals surface area contributed by atoms with Crippen molar-refractivity contribution in [2.45, 2.75) is 31.1 Å². The summed E-state index contributed by atoms with van der Waals surface area (Å²) in [6, 6.07) is 20.0. The fourth-order valence-electron chi connectivity index (χ4n) is 4.84. The molecular weight excluding hydrogens is 388 g/mol. The first kappa shape index (κ1) is 21.7. The summed E-state index contributed by atoms with van der Waals surface area (Å²) in [6.45, 7) is 4.07. The Balaban J connectivity index is 1.27. The molecule has 4 rings (SSSR count). The molecule has 0 radical (unpaired) electrons. The molecule has 2 saturated heterocycles. The summed E-state index contributed by atoms with van der Waals surface area (Å²) in [4.78, 5) is 27.6. The maximum absolute atomic E-state index is 12.7. The molecule has 1 N–H and O–H groups in total. The first-order valence-electron chi connectivity index (χ1n) is 11.4. The predicted molar refractivity (Wildman–Crippen MR) is 121 cm³/mol. The summed E-state index contributed by atoms with van der Waals surface area (Å²) < 4.78 is 5.59. The van der Waals surface area contributed by atoms with E-state index in [4.69, 9.17) is 4.74 Å². The third-order valence-corrected chi connectivity index (χ3v) is 6.84. The highest BCUT2D eigenvalue weighted by Crippen LogP contribution is 2.34. The average Bonchev–Trinajstić information content (AvgIpc) is 2.84. The van der Waals surface area contributed by atoms with Gasteiger partial charge in [0.2, 0.25) is 5.91 Å². The van der Waals surface area contributed by atoms with Gasteiger partial charge in [-0.05, 0) is 44.3 Å². The lowest BCUT2D eigenvalue weighted by molar-refractivity contribution is -0.123. The smallest absolute Gasteiger partial charge is 0.234 e. The van der Waals surface area contributed by atoms with Gasteiger partial charge in [-0.15, -0.1) is 0 Å². The number of hydrogen-bond donors (Lipinski definition) is 1. The first-order chi connectivity index (χ1) is 15.2. The Labute approximate surface area is 184 Å². The summed E-state index contributed by atoms with van der Waals surface area (Å²) in [5.74, 6) is 0.356. The number of piperidine rings is 1. The van der Waals surface area contributed by atoms with Crippen molar-refractivity contribution in [1.82, 2.24) is 10.2 Å². The number of carbonyl (C=O) groups excluding carboxylic acids is 2. The Bertz CT molecular complexity index is 855. The van der Waals surface area contributed by atoms with Gasteiger partial charge in [0.25, 0.3) is 0 Å². The van der Waals surface area contributed by atoms with Crippen LogP contribution in [0.3, 0.4) is 0 Å². The second-order valence-corrected chi connectivity index (χ2v) is 8.82. The molecule has 0 spiro atoms. The minimum atomic E-state index is -0.0513. The molecule has 2 fully saturated rings. The molecular formula is C26H32N2O3. The summed E-state index contributed by atoms with van der Waals surface area (Å²) in [7, 11) is 0. The van der Waals surface area contributed by atoms with Gasteiger partial charge in [-0.2, -0.15) is 0 Å². The molecule has 0 aromatic heterocycles. The molecule has 164 valence electrons. The van der Waals surface area contributed by atoms with Crippen molar-refractivity contribution < 1.29 is 14.3 Å². The number of rotatable bonds is 7. The summed E-state index contributed by atoms with van der Waals surface area (Å²) in [5, 5.41) is 3.20. The van der Waals surface area contributed by atoms with E-state index >= 15 is 0 Å². The van der Waals surface area contributed by atoms with Gasteiger partial charge in [-0.25, -0.2) is 0 Å². The van der Waals surface area contributed by atoms with E-state index in [-0.39, 0.29) is 23.0 Å². The highest BCUT2D eigenvalue weighted by Gasteiger charge is 2.35. The fraction of sp³-hybridized carbons (Fsp3) is 0.462. The van der Waals surface area contributed by atoms with Gasteiger partial charge in [-0.1, -0.05) is 60.7 Å². The SMILES string of the molecule is O=C(CN1CCC(C(=O)c2ccccc2)CC1)NCC1(c2ccccc2)CCOCC1. The van der Waals surface area contributed by atoms with Crippen LogP contribution in [0.5, 0.6) is 0 Å². The van der Waals surface area contributed by atoms with E-state index in [9.17, 15) is 9.59 Å². The third-order valence-electron chi connectivity index (χ3n) is 6.84. The molecule has 2 heterocycles. The number of likely N-dealkylation sites (tertiary alicyclic amines) is 1. The second-order valence-electron chi connectivity index (χ2n) is 8.82. The van der Waals surface area contributed by atoms with Crippen LogP contribution < -0.4 is 5.32 Å². The standard InChI is InChI=1S/C26H32N2O3/c29-24(27-20-26(13-17-31-18-14-26)23-9-5-2-6-10-23)19-28-15-11-22(12-16-28)25(30)21-7-3-1-4-8-21/h1-10,22H,11-20H2,(H,27,29). The largest absolute Gasteiger partial charge is 0.381 e. The molecule has 2 aromatic carbocycles. The first-order valence-corrected chi connectivity index (χ1v) is 11.4. The summed E-state index contributed by atoms with van der Waals surface area (Å²) >= 11 is 0. The number of ether oxygens (including phenoxy) is 1. The molecule has 31 heavy (non-hydrogen) atoms. The van der Waals surface area contributed by atoms with E-state index < -0.39 is 0 Å². The van der Waals surface area contributed by atoms with Gasteiger partial charge in [0.05, 0.1) is 6.54 Å². The van der Waals surface area contributed by atoms with E-state index in [1.165, 1.54) is 5.56 Å². The molecule has 5 heteroatoms. The number of benzene rings is 2. The normalized spacial score (nSPS) is 19.6. The molecule has 0 unspecified atom stereocenters.